The van der Waals surface area contributed by atoms with E-state index in [9.17, 15) is 37.7 Å². The fourth-order valence-corrected chi connectivity index (χ4v) is 3.55. The molecule has 0 aromatic heterocycles. The van der Waals surface area contributed by atoms with Gasteiger partial charge in [-0.1, -0.05) is 24.3 Å². The molecule has 0 saturated carbocycles. The van der Waals surface area contributed by atoms with E-state index in [4.69, 9.17) is 4.74 Å². The van der Waals surface area contributed by atoms with Gasteiger partial charge < -0.3 is 10.1 Å². The summed E-state index contributed by atoms with van der Waals surface area (Å²) in [5.41, 5.74) is 1.32. The van der Waals surface area contributed by atoms with Crippen LogP contribution >= 0.6 is 0 Å². The number of rotatable bonds is 8. The van der Waals surface area contributed by atoms with Gasteiger partial charge in [-0.05, 0) is 60.7 Å². The third-order valence-electron chi connectivity index (χ3n) is 5.64. The Morgan fingerprint density at radius 1 is 0.810 bits per heavy atom. The van der Waals surface area contributed by atoms with E-state index in [2.05, 4.69) is 15.8 Å². The van der Waals surface area contributed by atoms with E-state index in [0.717, 1.165) is 42.6 Å². The minimum absolute atomic E-state index is 0.108. The van der Waals surface area contributed by atoms with E-state index in [1.165, 1.54) is 24.3 Å². The van der Waals surface area contributed by atoms with Crippen molar-refractivity contribution < 1.29 is 37.2 Å². The maximum Gasteiger partial charge on any atom is 0.416 e. The second-order valence-electron chi connectivity index (χ2n) is 8.54. The second kappa shape index (κ2) is 12.6. The average Bonchev–Trinajstić information content (AvgIpc) is 2.98. The molecule has 13 heteroatoms. The van der Waals surface area contributed by atoms with Crippen molar-refractivity contribution in [1.82, 2.24) is 5.43 Å². The SMILES string of the molecule is O=C(N/N=C/c1cc([N+](=O)[O-])ccc1OC(=O)c1cccc(C(F)(F)F)c1)c1ccc(NC(=O)c2ccccc2)cc1. The first-order chi connectivity index (χ1) is 20.0. The molecule has 0 aliphatic heterocycles. The number of hydrogen-bond donors (Lipinski definition) is 2. The molecule has 212 valence electrons. The van der Waals surface area contributed by atoms with Crippen LogP contribution in [0.1, 0.15) is 42.2 Å². The molecule has 10 nitrogen and oxygen atoms in total. The lowest BCUT2D eigenvalue weighted by Crippen LogP contribution is -2.18. The molecule has 0 unspecified atom stereocenters. The third kappa shape index (κ3) is 7.41. The molecule has 0 spiro atoms. The Morgan fingerprint density at radius 2 is 1.48 bits per heavy atom. The molecule has 0 aliphatic rings. The lowest BCUT2D eigenvalue weighted by molar-refractivity contribution is -0.384. The largest absolute Gasteiger partial charge is 0.422 e. The number of hydrogen-bond acceptors (Lipinski definition) is 7. The molecular weight excluding hydrogens is 557 g/mol. The first-order valence-electron chi connectivity index (χ1n) is 12.0. The first kappa shape index (κ1) is 29.1. The Balaban J connectivity index is 1.45. The first-order valence-corrected chi connectivity index (χ1v) is 12.0. The summed E-state index contributed by atoms with van der Waals surface area (Å²) in [6.45, 7) is 0. The number of ether oxygens (including phenoxy) is 1. The number of esters is 1. The van der Waals surface area contributed by atoms with Crippen molar-refractivity contribution >= 4 is 35.4 Å². The molecule has 2 N–H and O–H groups in total. The van der Waals surface area contributed by atoms with Crippen LogP contribution in [-0.2, 0) is 6.18 Å². The number of nitrogens with zero attached hydrogens (tertiary/aromatic N) is 2. The van der Waals surface area contributed by atoms with Crippen LogP contribution in [0.5, 0.6) is 5.75 Å². The number of carbonyl (C=O) groups excluding carboxylic acids is 3. The van der Waals surface area contributed by atoms with Gasteiger partial charge in [0.25, 0.3) is 17.5 Å². The van der Waals surface area contributed by atoms with E-state index in [0.29, 0.717) is 17.3 Å². The number of anilines is 1. The lowest BCUT2D eigenvalue weighted by Gasteiger charge is -2.10. The van der Waals surface area contributed by atoms with E-state index in [1.54, 1.807) is 30.3 Å². The molecule has 4 aromatic carbocycles. The van der Waals surface area contributed by atoms with Gasteiger partial charge in [-0.2, -0.15) is 18.3 Å². The van der Waals surface area contributed by atoms with Gasteiger partial charge in [-0.3, -0.25) is 19.7 Å². The number of carbonyl (C=O) groups is 3. The summed E-state index contributed by atoms with van der Waals surface area (Å²) in [6, 6.07) is 21.1. The number of nitrogens with one attached hydrogen (secondary N) is 2. The van der Waals surface area contributed by atoms with Gasteiger partial charge in [0, 0.05) is 34.5 Å². The molecule has 0 heterocycles. The van der Waals surface area contributed by atoms with Gasteiger partial charge in [0.1, 0.15) is 5.75 Å². The van der Waals surface area contributed by atoms with Crippen molar-refractivity contribution in [3.05, 3.63) is 135 Å². The van der Waals surface area contributed by atoms with Gasteiger partial charge in [0.15, 0.2) is 0 Å². The molecule has 4 aromatic rings. The Kier molecular flexibility index (Phi) is 8.71. The highest BCUT2D eigenvalue weighted by atomic mass is 19.4. The number of alkyl halides is 3. The number of amides is 2. The lowest BCUT2D eigenvalue weighted by atomic mass is 10.1. The normalized spacial score (nSPS) is 11.1. The van der Waals surface area contributed by atoms with Gasteiger partial charge in [-0.15, -0.1) is 0 Å². The van der Waals surface area contributed by atoms with E-state index < -0.39 is 39.8 Å². The summed E-state index contributed by atoms with van der Waals surface area (Å²) in [5.74, 6) is -2.40. The topological polar surface area (TPSA) is 140 Å². The van der Waals surface area contributed by atoms with Crippen molar-refractivity contribution in [2.24, 2.45) is 5.10 Å². The maximum absolute atomic E-state index is 13.0. The fraction of sp³-hybridized carbons (Fsp3) is 0.0345. The van der Waals surface area contributed by atoms with Crippen LogP contribution in [0.4, 0.5) is 24.5 Å². The zero-order chi connectivity index (χ0) is 30.3. The monoisotopic (exact) mass is 576 g/mol. The van der Waals surface area contributed by atoms with Crippen LogP contribution in [0.25, 0.3) is 0 Å². The number of nitro groups is 1. The molecule has 0 saturated heterocycles. The van der Waals surface area contributed by atoms with Crippen LogP contribution in [0, 0.1) is 10.1 Å². The minimum atomic E-state index is -4.68. The van der Waals surface area contributed by atoms with Gasteiger partial charge >= 0.3 is 12.1 Å². The predicted octanol–water partition coefficient (Wildman–Crippen LogP) is 5.85. The zero-order valence-corrected chi connectivity index (χ0v) is 21.3. The number of benzene rings is 4. The number of halogens is 3. The molecule has 0 fully saturated rings. The smallest absolute Gasteiger partial charge is 0.416 e. The Labute approximate surface area is 235 Å². The molecule has 0 bridgehead atoms. The summed E-state index contributed by atoms with van der Waals surface area (Å²) >= 11 is 0. The zero-order valence-electron chi connectivity index (χ0n) is 21.3. The fourth-order valence-electron chi connectivity index (χ4n) is 3.55. The van der Waals surface area contributed by atoms with Crippen LogP contribution < -0.4 is 15.5 Å². The van der Waals surface area contributed by atoms with E-state index >= 15 is 0 Å². The Hall–Kier alpha value is -5.85. The molecule has 0 aliphatic carbocycles. The van der Waals surface area contributed by atoms with Crippen LogP contribution in [-0.4, -0.2) is 28.9 Å². The van der Waals surface area contributed by atoms with Crippen LogP contribution in [0.15, 0.2) is 102 Å². The van der Waals surface area contributed by atoms with Gasteiger partial charge in [-0.25, -0.2) is 10.2 Å². The van der Waals surface area contributed by atoms with Crippen molar-refractivity contribution in [2.75, 3.05) is 5.32 Å². The Morgan fingerprint density at radius 3 is 2.14 bits per heavy atom. The van der Waals surface area contributed by atoms with Crippen LogP contribution in [0.2, 0.25) is 0 Å². The quantitative estimate of drug-likeness (QED) is 0.0887. The highest BCUT2D eigenvalue weighted by Gasteiger charge is 2.31. The summed E-state index contributed by atoms with van der Waals surface area (Å²) < 4.78 is 44.2. The molecular formula is C29H19F3N4O6. The third-order valence-corrected chi connectivity index (χ3v) is 5.64. The number of nitro benzene ring substituents is 1. The average molecular weight is 576 g/mol. The van der Waals surface area contributed by atoms with E-state index in [-0.39, 0.29) is 22.8 Å². The number of hydrazone groups is 1. The second-order valence-corrected chi connectivity index (χ2v) is 8.54. The minimum Gasteiger partial charge on any atom is -0.422 e. The maximum atomic E-state index is 13.0. The highest BCUT2D eigenvalue weighted by molar-refractivity contribution is 6.04. The van der Waals surface area contributed by atoms with Crippen molar-refractivity contribution in [3.63, 3.8) is 0 Å². The summed E-state index contributed by atoms with van der Waals surface area (Å²) in [6.07, 6.45) is -3.70. The molecule has 0 radical (unpaired) electrons. The molecule has 2 amide bonds. The predicted molar refractivity (Wildman–Crippen MR) is 145 cm³/mol. The standard InChI is InChI=1S/C29H19F3N4O6/c30-29(31,32)22-8-4-7-20(15-22)28(39)42-25-14-13-24(36(40)41)16-21(25)17-33-35-27(38)19-9-11-23(12-10-19)34-26(37)18-5-2-1-3-6-18/h1-17H,(H,34,37)(H,35,38)/b33-17+. The molecule has 42 heavy (non-hydrogen) atoms. The van der Waals surface area contributed by atoms with E-state index in [1.807, 2.05) is 0 Å². The van der Waals surface area contributed by atoms with Crippen LogP contribution in [0.3, 0.4) is 0 Å². The highest BCUT2D eigenvalue weighted by Crippen LogP contribution is 2.30. The molecule has 4 rings (SSSR count). The van der Waals surface area contributed by atoms with Gasteiger partial charge in [0.2, 0.25) is 0 Å². The van der Waals surface area contributed by atoms with Crippen molar-refractivity contribution in [1.29, 1.82) is 0 Å². The summed E-state index contributed by atoms with van der Waals surface area (Å²) in [7, 11) is 0. The van der Waals surface area contributed by atoms with Crippen molar-refractivity contribution in [2.45, 2.75) is 6.18 Å². The summed E-state index contributed by atoms with van der Waals surface area (Å²) in [5, 5.41) is 17.7. The Bertz CT molecular complexity index is 1670. The summed E-state index contributed by atoms with van der Waals surface area (Å²) in [4.78, 5) is 47.9. The van der Waals surface area contributed by atoms with Crippen molar-refractivity contribution in [3.8, 4) is 5.75 Å². The van der Waals surface area contributed by atoms with Gasteiger partial charge in [0.05, 0.1) is 22.3 Å². The molecule has 0 atom stereocenters. The number of non-ortho nitro benzene ring substituents is 1.